The average molecular weight is 1140 g/mol. The molecule has 418 valence electrons. The highest BCUT2D eigenvalue weighted by Crippen LogP contribution is 2.67. The van der Waals surface area contributed by atoms with Crippen LogP contribution in [0.3, 0.4) is 0 Å². The number of unbranched alkanes of at least 4 members (excludes halogenated alkanes) is 1. The van der Waals surface area contributed by atoms with E-state index >= 15 is 0 Å². The van der Waals surface area contributed by atoms with Crippen LogP contribution >= 0.6 is 0 Å². The van der Waals surface area contributed by atoms with Crippen molar-refractivity contribution in [1.29, 1.82) is 0 Å². The maximum absolute atomic E-state index is 13.9. The van der Waals surface area contributed by atoms with Crippen molar-refractivity contribution >= 4 is 11.9 Å². The van der Waals surface area contributed by atoms with Crippen molar-refractivity contribution in [3.63, 3.8) is 0 Å². The molecule has 0 bridgehead atoms. The zero-order chi connectivity index (χ0) is 57.2. The van der Waals surface area contributed by atoms with Crippen LogP contribution in [0.15, 0.2) is 0 Å². The first-order valence-electron chi connectivity index (χ1n) is 16.5. The monoisotopic (exact) mass is 1140 g/mol. The number of carbonyl (C=O) groups excluding carboxylic acids is 2. The topological polar surface area (TPSA) is 52.6 Å². The van der Waals surface area contributed by atoms with Gasteiger partial charge >= 0.3 is 119 Å². The minimum absolute atomic E-state index is 1.03. The van der Waals surface area contributed by atoms with Crippen molar-refractivity contribution in [2.24, 2.45) is 0 Å². The maximum Gasteiger partial charge on any atom is 0.460 e. The lowest BCUT2D eigenvalue weighted by molar-refractivity contribution is -0.468. The van der Waals surface area contributed by atoms with Crippen LogP contribution in [0.25, 0.3) is 0 Å². The third kappa shape index (κ3) is 9.90. The third-order valence-corrected chi connectivity index (χ3v) is 8.73. The second kappa shape index (κ2) is 18.6. The van der Waals surface area contributed by atoms with Gasteiger partial charge in [0.05, 0.1) is 26.1 Å². The van der Waals surface area contributed by atoms with Gasteiger partial charge in [0.15, 0.2) is 0 Å². The lowest BCUT2D eigenvalue weighted by atomic mass is 9.87. The molecular weight excluding hydrogens is 1120 g/mol. The summed E-state index contributed by atoms with van der Waals surface area (Å²) >= 11 is 0. The SMILES string of the molecule is O=C(CCCCC(=O)OCCC(F)(F)C(F)(F)C(F)(F)C(F)(F)C(F)(F)C(F)(F)C(F)(F)C(F)(F)C(F)(F)F)OCCC(F)(F)C(F)(F)C(F)(F)C(F)(F)C(F)(F)C(F)(F)C(F)(F)C(F)(F)C(F)(F)F. The molecule has 0 saturated carbocycles. The summed E-state index contributed by atoms with van der Waals surface area (Å²) in [6.45, 7) is -5.03. The van der Waals surface area contributed by atoms with Gasteiger partial charge in [0.2, 0.25) is 0 Å². The summed E-state index contributed by atoms with van der Waals surface area (Å²) in [5, 5.41) is 0. The van der Waals surface area contributed by atoms with Gasteiger partial charge in [0.25, 0.3) is 0 Å². The molecule has 0 aromatic rings. The molecule has 0 radical (unpaired) electrons. The molecule has 0 amide bonds. The van der Waals surface area contributed by atoms with E-state index in [1.807, 2.05) is 0 Å². The second-order valence-electron chi connectivity index (χ2n) is 13.6. The molecule has 42 heteroatoms. The summed E-state index contributed by atoms with van der Waals surface area (Å²) in [4.78, 5) is 23.1. The van der Waals surface area contributed by atoms with Gasteiger partial charge in [-0.3, -0.25) is 9.59 Å². The second-order valence-corrected chi connectivity index (χ2v) is 13.6. The number of ether oxygens (including phenoxy) is 2. The summed E-state index contributed by atoms with van der Waals surface area (Å²) in [5.41, 5.74) is 0. The molecule has 0 fully saturated rings. The lowest BCUT2D eigenvalue weighted by Crippen LogP contribution is -2.75. The summed E-state index contributed by atoms with van der Waals surface area (Å²) in [5.74, 6) is -143. The average Bonchev–Trinajstić information content (AvgIpc) is 3.14. The molecular formula is C28H16F38O4. The fraction of sp³-hybridized carbons (Fsp3) is 0.929. The van der Waals surface area contributed by atoms with E-state index in [4.69, 9.17) is 0 Å². The van der Waals surface area contributed by atoms with Crippen LogP contribution in [0.1, 0.15) is 38.5 Å². The zero-order valence-electron chi connectivity index (χ0n) is 31.7. The first-order valence-corrected chi connectivity index (χ1v) is 16.5. The number of hydrogen-bond acceptors (Lipinski definition) is 4. The smallest absolute Gasteiger partial charge is 0.460 e. The van der Waals surface area contributed by atoms with E-state index in [-0.39, 0.29) is 0 Å². The fourth-order valence-corrected chi connectivity index (χ4v) is 4.37. The van der Waals surface area contributed by atoms with Gasteiger partial charge in [-0.15, -0.1) is 0 Å². The van der Waals surface area contributed by atoms with E-state index in [0.717, 1.165) is 0 Å². The first-order chi connectivity index (χ1) is 30.0. The van der Waals surface area contributed by atoms with Crippen molar-refractivity contribution in [3.8, 4) is 0 Å². The van der Waals surface area contributed by atoms with Gasteiger partial charge in [0, 0.05) is 12.8 Å². The summed E-state index contributed by atoms with van der Waals surface area (Å²) in [6.07, 6.45) is -27.8. The van der Waals surface area contributed by atoms with Crippen LogP contribution < -0.4 is 0 Å². The van der Waals surface area contributed by atoms with Gasteiger partial charge in [0.1, 0.15) is 0 Å². The largest absolute Gasteiger partial charge is 0.465 e. The Morgan fingerprint density at radius 3 is 0.571 bits per heavy atom. The highest BCUT2D eigenvalue weighted by Gasteiger charge is 2.98. The molecule has 0 heterocycles. The number of esters is 2. The first kappa shape index (κ1) is 66.3. The van der Waals surface area contributed by atoms with Gasteiger partial charge < -0.3 is 9.47 Å². The van der Waals surface area contributed by atoms with Crippen molar-refractivity contribution in [3.05, 3.63) is 0 Å². The van der Waals surface area contributed by atoms with Crippen LogP contribution in [0.4, 0.5) is 167 Å². The Balaban J connectivity index is 5.74. The Labute approximate surface area is 357 Å². The quantitative estimate of drug-likeness (QED) is 0.0519. The molecule has 0 aliphatic heterocycles. The molecule has 0 saturated heterocycles. The molecule has 4 nitrogen and oxygen atoms in total. The number of carbonyl (C=O) groups is 2. The molecule has 0 aromatic carbocycles. The Hall–Kier alpha value is -3.72. The molecule has 70 heavy (non-hydrogen) atoms. The summed E-state index contributed by atoms with van der Waals surface area (Å²) in [7, 11) is 0. The molecule has 0 spiro atoms. The number of halogens is 38. The highest BCUT2D eigenvalue weighted by atomic mass is 19.4. The van der Waals surface area contributed by atoms with E-state index < -0.39 is 171 Å². The molecule has 0 aliphatic carbocycles. The zero-order valence-corrected chi connectivity index (χ0v) is 31.7. The standard InChI is InChI=1S/C28H16F38O4/c29-11(30,13(33,34)15(37,38)17(41,42)19(45,46)21(49,50)23(53,54)25(57,58)27(61,62)63)5-7-69-9(67)3-1-2-4-10(68)70-8-6-12(31,32)14(35,36)16(39,40)18(43,44)20(47,48)22(51,52)24(55,56)26(59,60)28(64,65)66/h1-8H2. The third-order valence-electron chi connectivity index (χ3n) is 8.73. The van der Waals surface area contributed by atoms with Gasteiger partial charge in [-0.05, 0) is 12.8 Å². The molecule has 0 N–H and O–H groups in total. The van der Waals surface area contributed by atoms with Gasteiger partial charge in [-0.25, -0.2) is 0 Å². The molecule has 0 aliphatic rings. The van der Waals surface area contributed by atoms with E-state index in [9.17, 15) is 176 Å². The number of rotatable bonds is 25. The van der Waals surface area contributed by atoms with Crippen molar-refractivity contribution < 1.29 is 186 Å². The van der Waals surface area contributed by atoms with Crippen LogP contribution in [-0.2, 0) is 19.1 Å². The maximum atomic E-state index is 13.9. The molecule has 0 rings (SSSR count). The van der Waals surface area contributed by atoms with Crippen LogP contribution in [0.2, 0.25) is 0 Å². The molecule has 0 aromatic heterocycles. The van der Waals surface area contributed by atoms with E-state index in [1.165, 1.54) is 0 Å². The van der Waals surface area contributed by atoms with Crippen LogP contribution in [-0.4, -0.2) is 132 Å². The minimum Gasteiger partial charge on any atom is -0.465 e. The normalized spacial score (nSPS) is 16.1. The van der Waals surface area contributed by atoms with E-state index in [2.05, 4.69) is 9.47 Å². The van der Waals surface area contributed by atoms with Crippen LogP contribution in [0.5, 0.6) is 0 Å². The lowest BCUT2D eigenvalue weighted by Gasteiger charge is -2.43. The van der Waals surface area contributed by atoms with Gasteiger partial charge in [-0.2, -0.15) is 167 Å². The minimum atomic E-state index is -9.24. The Bertz CT molecular complexity index is 1690. The number of hydrogen-bond donors (Lipinski definition) is 0. The van der Waals surface area contributed by atoms with Crippen LogP contribution in [0, 0.1) is 0 Å². The fourth-order valence-electron chi connectivity index (χ4n) is 4.37. The summed E-state index contributed by atoms with van der Waals surface area (Å²) in [6, 6.07) is 0. The highest BCUT2D eigenvalue weighted by molar-refractivity contribution is 5.70. The predicted molar refractivity (Wildman–Crippen MR) is 141 cm³/mol. The molecule has 0 atom stereocenters. The molecule has 0 unspecified atom stereocenters. The van der Waals surface area contributed by atoms with E-state index in [1.54, 1.807) is 0 Å². The van der Waals surface area contributed by atoms with Crippen molar-refractivity contribution in [1.82, 2.24) is 0 Å². The number of alkyl halides is 38. The Morgan fingerprint density at radius 2 is 0.400 bits per heavy atom. The Kier molecular flexibility index (Phi) is 17.7. The van der Waals surface area contributed by atoms with E-state index in [0.29, 0.717) is 0 Å². The summed E-state index contributed by atoms with van der Waals surface area (Å²) < 4.78 is 516. The Morgan fingerprint density at radius 1 is 0.243 bits per heavy atom. The van der Waals surface area contributed by atoms with Crippen molar-refractivity contribution in [2.75, 3.05) is 13.2 Å². The van der Waals surface area contributed by atoms with Crippen molar-refractivity contribution in [2.45, 2.75) is 146 Å². The van der Waals surface area contributed by atoms with Gasteiger partial charge in [-0.1, -0.05) is 0 Å². The predicted octanol–water partition coefficient (Wildman–Crippen LogP) is 13.7.